The second kappa shape index (κ2) is 15.1. The molecule has 0 aromatic heterocycles. The molecule has 0 spiro atoms. The predicted octanol–water partition coefficient (Wildman–Crippen LogP) is 3.18. The monoisotopic (exact) mass is 769 g/mol. The summed E-state index contributed by atoms with van der Waals surface area (Å²) >= 11 is 0. The van der Waals surface area contributed by atoms with Crippen LogP contribution in [0.25, 0.3) is 0 Å². The highest BCUT2D eigenvalue weighted by molar-refractivity contribution is 5.21. The van der Waals surface area contributed by atoms with E-state index in [9.17, 15) is 40.9 Å². The average molecular weight is 769 g/mol. The van der Waals surface area contributed by atoms with Crippen LogP contribution in [0.1, 0.15) is 120 Å². The first-order chi connectivity index (χ1) is 25.1. The molecule has 6 aliphatic rings. The third kappa shape index (κ3) is 6.77. The van der Waals surface area contributed by atoms with E-state index in [1.165, 1.54) is 12.5 Å². The molecule has 0 bridgehead atoms. The molecule has 54 heavy (non-hydrogen) atoms. The highest BCUT2D eigenvalue weighted by Gasteiger charge is 2.72. The Morgan fingerprint density at radius 3 is 2.13 bits per heavy atom. The number of aliphatic hydroxyl groups is 8. The highest BCUT2D eigenvalue weighted by Crippen LogP contribution is 2.76. The molecular weight excluding hydrogens is 696 g/mol. The fraction of sp³-hybridized carbons (Fsp3) is 0.952. The van der Waals surface area contributed by atoms with Crippen LogP contribution >= 0.6 is 0 Å². The summed E-state index contributed by atoms with van der Waals surface area (Å²) in [5, 5.41) is 87.9. The predicted molar refractivity (Wildman–Crippen MR) is 200 cm³/mol. The molecule has 0 amide bonds. The summed E-state index contributed by atoms with van der Waals surface area (Å²) in [6.07, 6.45) is -5.02. The lowest BCUT2D eigenvalue weighted by Crippen LogP contribution is -2.69. The van der Waals surface area contributed by atoms with E-state index in [2.05, 4.69) is 54.5 Å². The van der Waals surface area contributed by atoms with Crippen LogP contribution in [0, 0.1) is 45.3 Å². The van der Waals surface area contributed by atoms with Crippen molar-refractivity contribution in [1.29, 1.82) is 0 Å². The first-order valence-corrected chi connectivity index (χ1v) is 20.7. The van der Waals surface area contributed by atoms with Crippen molar-refractivity contribution in [2.45, 2.75) is 199 Å². The Kier molecular flexibility index (Phi) is 12.0. The zero-order valence-electron chi connectivity index (χ0n) is 34.1. The number of rotatable bonds is 9. The van der Waals surface area contributed by atoms with Crippen molar-refractivity contribution in [2.24, 2.45) is 45.3 Å². The van der Waals surface area contributed by atoms with Crippen molar-refractivity contribution in [1.82, 2.24) is 0 Å². The molecule has 4 saturated carbocycles. The van der Waals surface area contributed by atoms with Gasteiger partial charge in [0.25, 0.3) is 0 Å². The maximum Gasteiger partial charge on any atom is 0.187 e. The van der Waals surface area contributed by atoms with E-state index in [1.54, 1.807) is 0 Å². The first kappa shape index (κ1) is 42.9. The van der Waals surface area contributed by atoms with Crippen LogP contribution in [0.3, 0.4) is 0 Å². The Morgan fingerprint density at radius 2 is 1.48 bits per heavy atom. The van der Waals surface area contributed by atoms with Crippen molar-refractivity contribution in [3.05, 3.63) is 11.6 Å². The Morgan fingerprint density at radius 1 is 0.796 bits per heavy atom. The van der Waals surface area contributed by atoms with Crippen LogP contribution in [-0.2, 0) is 18.9 Å². The maximum atomic E-state index is 12.5. The van der Waals surface area contributed by atoms with Crippen LogP contribution in [-0.4, -0.2) is 127 Å². The molecule has 0 aromatic carbocycles. The van der Waals surface area contributed by atoms with Crippen molar-refractivity contribution < 1.29 is 59.8 Å². The van der Waals surface area contributed by atoms with Crippen molar-refractivity contribution in [2.75, 3.05) is 6.61 Å². The third-order valence-electron chi connectivity index (χ3n) is 16.6. The lowest BCUT2D eigenvalue weighted by molar-refractivity contribution is -0.377. The van der Waals surface area contributed by atoms with Crippen LogP contribution in [0.5, 0.6) is 0 Å². The molecule has 12 heteroatoms. The SMILES string of the molecule is CC(C)=CCCC(C)(O)C1CCC2(C)C1CCC1C3(C)CCC(OC4OC(CO)C(O)C(O)C4OC4OC(C)C(O)C(O)C4O)C(C)(C)C3CC(O)C12C. The summed E-state index contributed by atoms with van der Waals surface area (Å²) in [6.45, 7) is 18.6. The smallest absolute Gasteiger partial charge is 0.187 e. The number of hydrogen-bond donors (Lipinski definition) is 8. The van der Waals surface area contributed by atoms with E-state index < -0.39 is 91.2 Å². The summed E-state index contributed by atoms with van der Waals surface area (Å²) < 4.78 is 24.5. The van der Waals surface area contributed by atoms with Gasteiger partial charge in [-0.2, -0.15) is 0 Å². The van der Waals surface area contributed by atoms with E-state index in [-0.39, 0.29) is 34.0 Å². The van der Waals surface area contributed by atoms with Gasteiger partial charge in [0.05, 0.1) is 30.5 Å². The van der Waals surface area contributed by atoms with Crippen molar-refractivity contribution >= 4 is 0 Å². The Labute approximate surface area is 322 Å². The second-order valence-corrected chi connectivity index (χ2v) is 20.0. The van der Waals surface area contributed by atoms with Gasteiger partial charge in [-0.3, -0.25) is 0 Å². The fourth-order valence-corrected chi connectivity index (χ4v) is 13.2. The van der Waals surface area contributed by atoms with Crippen LogP contribution in [0.2, 0.25) is 0 Å². The molecule has 2 heterocycles. The minimum atomic E-state index is -1.65. The highest BCUT2D eigenvalue weighted by atomic mass is 16.8. The summed E-state index contributed by atoms with van der Waals surface area (Å²) in [5.41, 5.74) is -0.583. The van der Waals surface area contributed by atoms with E-state index in [1.807, 2.05) is 6.92 Å². The Hall–Kier alpha value is -0.740. The van der Waals surface area contributed by atoms with Gasteiger partial charge in [-0.25, -0.2) is 0 Å². The lowest BCUT2D eigenvalue weighted by Gasteiger charge is -2.71. The lowest BCUT2D eigenvalue weighted by atomic mass is 9.34. The Balaban J connectivity index is 1.23. The van der Waals surface area contributed by atoms with Gasteiger partial charge >= 0.3 is 0 Å². The molecule has 12 nitrogen and oxygen atoms in total. The minimum absolute atomic E-state index is 0.0643. The fourth-order valence-electron chi connectivity index (χ4n) is 13.2. The molecule has 6 fully saturated rings. The van der Waals surface area contributed by atoms with Crippen LogP contribution in [0.4, 0.5) is 0 Å². The molecule has 20 unspecified atom stereocenters. The molecule has 8 N–H and O–H groups in total. The maximum absolute atomic E-state index is 12.5. The minimum Gasteiger partial charge on any atom is -0.394 e. The number of ether oxygens (including phenoxy) is 4. The first-order valence-electron chi connectivity index (χ1n) is 20.7. The molecule has 6 rings (SSSR count). The van der Waals surface area contributed by atoms with Gasteiger partial charge in [0.2, 0.25) is 0 Å². The van der Waals surface area contributed by atoms with Gasteiger partial charge in [-0.05, 0) is 125 Å². The van der Waals surface area contributed by atoms with Crippen molar-refractivity contribution in [3.63, 3.8) is 0 Å². The molecular formula is C42H72O12. The third-order valence-corrected chi connectivity index (χ3v) is 16.6. The van der Waals surface area contributed by atoms with E-state index >= 15 is 0 Å². The number of aliphatic hydroxyl groups excluding tert-OH is 7. The van der Waals surface area contributed by atoms with Crippen LogP contribution < -0.4 is 0 Å². The second-order valence-electron chi connectivity index (χ2n) is 20.0. The number of fused-ring (bicyclic) bond motifs is 5. The van der Waals surface area contributed by atoms with Gasteiger partial charge in [0.15, 0.2) is 12.6 Å². The largest absolute Gasteiger partial charge is 0.394 e. The molecule has 2 aliphatic heterocycles. The van der Waals surface area contributed by atoms with Gasteiger partial charge < -0.3 is 59.8 Å². The van der Waals surface area contributed by atoms with Gasteiger partial charge in [-0.15, -0.1) is 0 Å². The number of hydrogen-bond acceptors (Lipinski definition) is 12. The molecule has 2 saturated heterocycles. The molecule has 20 atom stereocenters. The van der Waals surface area contributed by atoms with Crippen molar-refractivity contribution in [3.8, 4) is 0 Å². The average Bonchev–Trinajstić information content (AvgIpc) is 3.47. The van der Waals surface area contributed by atoms with E-state index in [4.69, 9.17) is 18.9 Å². The van der Waals surface area contributed by atoms with Gasteiger partial charge in [0, 0.05) is 5.41 Å². The van der Waals surface area contributed by atoms with Gasteiger partial charge in [0.1, 0.15) is 42.7 Å². The summed E-state index contributed by atoms with van der Waals surface area (Å²) in [4.78, 5) is 0. The zero-order chi connectivity index (χ0) is 39.9. The van der Waals surface area contributed by atoms with Crippen LogP contribution in [0.15, 0.2) is 11.6 Å². The summed E-state index contributed by atoms with van der Waals surface area (Å²) in [7, 11) is 0. The number of allylic oxidation sites excluding steroid dienone is 2. The van der Waals surface area contributed by atoms with E-state index in [0.29, 0.717) is 18.8 Å². The topological polar surface area (TPSA) is 199 Å². The molecule has 4 aliphatic carbocycles. The normalized spacial score (nSPS) is 52.8. The summed E-state index contributed by atoms with van der Waals surface area (Å²) in [6, 6.07) is 0. The molecule has 0 aromatic rings. The summed E-state index contributed by atoms with van der Waals surface area (Å²) in [5.74, 6) is 0.821. The quantitative estimate of drug-likeness (QED) is 0.126. The molecule has 312 valence electrons. The Bertz CT molecular complexity index is 1350. The standard InChI is InChI=1S/C42H72O12/c1-21(2)11-10-16-41(8,50)24-14-18-40(7)23(24)12-13-26-39(6)17-15-29(38(4,5)27(39)19-28(44)42(26,40)9)53-37-35(33(48)31(46)25(20-43)52-37)54-36-34(49)32(47)30(45)22(3)51-36/h11,22-37,43-50H,10,12-20H2,1-9H3. The van der Waals surface area contributed by atoms with Gasteiger partial charge in [-0.1, -0.05) is 46.3 Å². The van der Waals surface area contributed by atoms with E-state index in [0.717, 1.165) is 44.9 Å². The molecule has 0 radical (unpaired) electrons. The zero-order valence-corrected chi connectivity index (χ0v) is 34.1.